The van der Waals surface area contributed by atoms with E-state index in [9.17, 15) is 4.79 Å². The van der Waals surface area contributed by atoms with Crippen molar-refractivity contribution in [1.82, 2.24) is 9.80 Å². The van der Waals surface area contributed by atoms with Crippen LogP contribution in [0, 0.1) is 0 Å². The van der Waals surface area contributed by atoms with Crippen LogP contribution >= 0.6 is 0 Å². The SMILES string of the molecule is CCC(C)(C)N1CCN(C(=O)Nc2cccc3c2OCCC3)CC1. The summed E-state index contributed by atoms with van der Waals surface area (Å²) in [6.45, 7) is 10.9. The van der Waals surface area contributed by atoms with Gasteiger partial charge in [0.05, 0.1) is 12.3 Å². The minimum atomic E-state index is -0.0217. The molecule has 3 rings (SSSR count). The van der Waals surface area contributed by atoms with Crippen molar-refractivity contribution in [2.75, 3.05) is 38.1 Å². The Labute approximate surface area is 145 Å². The molecule has 0 saturated carbocycles. The number of benzene rings is 1. The first-order valence-corrected chi connectivity index (χ1v) is 9.07. The topological polar surface area (TPSA) is 44.8 Å². The quantitative estimate of drug-likeness (QED) is 0.924. The fourth-order valence-electron chi connectivity index (χ4n) is 3.42. The summed E-state index contributed by atoms with van der Waals surface area (Å²) in [6, 6.07) is 5.98. The smallest absolute Gasteiger partial charge is 0.322 e. The van der Waals surface area contributed by atoms with Crippen molar-refractivity contribution in [3.8, 4) is 5.75 Å². The second kappa shape index (κ2) is 7.01. The zero-order valence-electron chi connectivity index (χ0n) is 15.1. The highest BCUT2D eigenvalue weighted by molar-refractivity contribution is 5.91. The number of aryl methyl sites for hydroxylation is 1. The van der Waals surface area contributed by atoms with Gasteiger partial charge in [-0.25, -0.2) is 4.79 Å². The number of ether oxygens (including phenoxy) is 1. The molecule has 0 atom stereocenters. The average molecular weight is 331 g/mol. The number of piperazine rings is 1. The van der Waals surface area contributed by atoms with Gasteiger partial charge in [0.15, 0.2) is 0 Å². The zero-order chi connectivity index (χ0) is 17.2. The minimum Gasteiger partial charge on any atom is -0.491 e. The van der Waals surface area contributed by atoms with Gasteiger partial charge in [-0.15, -0.1) is 0 Å². The highest BCUT2D eigenvalue weighted by atomic mass is 16.5. The van der Waals surface area contributed by atoms with E-state index in [0.29, 0.717) is 0 Å². The Balaban J connectivity index is 1.61. The summed E-state index contributed by atoms with van der Waals surface area (Å²) in [5.74, 6) is 0.850. The van der Waals surface area contributed by atoms with Crippen molar-refractivity contribution in [3.05, 3.63) is 23.8 Å². The lowest BCUT2D eigenvalue weighted by molar-refractivity contribution is 0.0640. The number of fused-ring (bicyclic) bond motifs is 1. The second-order valence-corrected chi connectivity index (χ2v) is 7.32. The fourth-order valence-corrected chi connectivity index (χ4v) is 3.42. The second-order valence-electron chi connectivity index (χ2n) is 7.32. The summed E-state index contributed by atoms with van der Waals surface area (Å²) in [6.07, 6.45) is 3.18. The predicted octanol–water partition coefficient (Wildman–Crippen LogP) is 3.35. The molecule has 5 heteroatoms. The number of carbonyl (C=O) groups excluding carboxylic acids is 1. The molecule has 24 heavy (non-hydrogen) atoms. The van der Waals surface area contributed by atoms with Crippen LogP contribution < -0.4 is 10.1 Å². The molecule has 0 aliphatic carbocycles. The highest BCUT2D eigenvalue weighted by Crippen LogP contribution is 2.33. The monoisotopic (exact) mass is 331 g/mol. The van der Waals surface area contributed by atoms with Gasteiger partial charge in [-0.1, -0.05) is 19.1 Å². The van der Waals surface area contributed by atoms with Gasteiger partial charge in [-0.3, -0.25) is 4.90 Å². The summed E-state index contributed by atoms with van der Waals surface area (Å²) in [7, 11) is 0. The molecule has 0 unspecified atom stereocenters. The molecule has 2 aliphatic rings. The lowest BCUT2D eigenvalue weighted by atomic mass is 9.98. The molecular formula is C19H29N3O2. The Morgan fingerprint density at radius 2 is 2.00 bits per heavy atom. The van der Waals surface area contributed by atoms with E-state index in [2.05, 4.69) is 37.1 Å². The molecule has 2 aliphatic heterocycles. The summed E-state index contributed by atoms with van der Waals surface area (Å²) >= 11 is 0. The fraction of sp³-hybridized carbons (Fsp3) is 0.632. The summed E-state index contributed by atoms with van der Waals surface area (Å²) in [4.78, 5) is 17.0. The van der Waals surface area contributed by atoms with Crippen molar-refractivity contribution >= 4 is 11.7 Å². The molecule has 5 nitrogen and oxygen atoms in total. The Kier molecular flexibility index (Phi) is 4.99. The number of hydrogen-bond acceptors (Lipinski definition) is 3. The lowest BCUT2D eigenvalue weighted by Crippen LogP contribution is -2.56. The number of urea groups is 1. The van der Waals surface area contributed by atoms with Crippen LogP contribution in [-0.2, 0) is 6.42 Å². The maximum atomic E-state index is 12.6. The Hall–Kier alpha value is -1.75. The Bertz CT molecular complexity index is 592. The van der Waals surface area contributed by atoms with Crippen LogP contribution in [0.3, 0.4) is 0 Å². The van der Waals surface area contributed by atoms with Crippen molar-refractivity contribution in [1.29, 1.82) is 0 Å². The molecule has 1 aromatic carbocycles. The maximum Gasteiger partial charge on any atom is 0.322 e. The average Bonchev–Trinajstić information content (AvgIpc) is 2.62. The number of amides is 2. The first kappa shape index (κ1) is 17.1. The van der Waals surface area contributed by atoms with E-state index in [1.807, 2.05) is 17.0 Å². The van der Waals surface area contributed by atoms with E-state index >= 15 is 0 Å². The third-order valence-electron chi connectivity index (χ3n) is 5.46. The molecule has 0 spiro atoms. The summed E-state index contributed by atoms with van der Waals surface area (Å²) in [5, 5.41) is 3.05. The van der Waals surface area contributed by atoms with Gasteiger partial charge in [0.2, 0.25) is 0 Å². The number of nitrogens with zero attached hydrogens (tertiary/aromatic N) is 2. The number of carbonyl (C=O) groups is 1. The predicted molar refractivity (Wildman–Crippen MR) is 96.8 cm³/mol. The lowest BCUT2D eigenvalue weighted by Gasteiger charge is -2.43. The first-order valence-electron chi connectivity index (χ1n) is 9.07. The van der Waals surface area contributed by atoms with E-state index in [1.54, 1.807) is 0 Å². The number of anilines is 1. The van der Waals surface area contributed by atoms with Crippen molar-refractivity contribution in [2.45, 2.75) is 45.6 Å². The van der Waals surface area contributed by atoms with Gasteiger partial charge < -0.3 is 15.0 Å². The molecule has 1 saturated heterocycles. The van der Waals surface area contributed by atoms with E-state index in [4.69, 9.17) is 4.74 Å². The van der Waals surface area contributed by atoms with Crippen molar-refractivity contribution < 1.29 is 9.53 Å². The summed E-state index contributed by atoms with van der Waals surface area (Å²) < 4.78 is 5.78. The van der Waals surface area contributed by atoms with E-state index in [0.717, 1.165) is 63.5 Å². The van der Waals surface area contributed by atoms with Gasteiger partial charge in [0.1, 0.15) is 5.75 Å². The van der Waals surface area contributed by atoms with Gasteiger partial charge in [-0.05, 0) is 44.7 Å². The van der Waals surface area contributed by atoms with E-state index < -0.39 is 0 Å². The highest BCUT2D eigenvalue weighted by Gasteiger charge is 2.30. The van der Waals surface area contributed by atoms with E-state index in [1.165, 1.54) is 5.56 Å². The van der Waals surface area contributed by atoms with Crippen LogP contribution in [0.1, 0.15) is 39.2 Å². The van der Waals surface area contributed by atoms with Crippen LogP contribution in [0.25, 0.3) is 0 Å². The standard InChI is InChI=1S/C19H29N3O2/c1-4-19(2,3)22-12-10-21(11-13-22)18(23)20-16-9-5-7-15-8-6-14-24-17(15)16/h5,7,9H,4,6,8,10-14H2,1-3H3,(H,20,23). The van der Waals surface area contributed by atoms with Gasteiger partial charge in [0.25, 0.3) is 0 Å². The maximum absolute atomic E-state index is 12.6. The van der Waals surface area contributed by atoms with Crippen molar-refractivity contribution in [3.63, 3.8) is 0 Å². The Morgan fingerprint density at radius 1 is 1.25 bits per heavy atom. The van der Waals surface area contributed by atoms with E-state index in [-0.39, 0.29) is 11.6 Å². The Morgan fingerprint density at radius 3 is 2.71 bits per heavy atom. The number of nitrogens with one attached hydrogen (secondary N) is 1. The van der Waals surface area contributed by atoms with Crippen LogP contribution in [0.4, 0.5) is 10.5 Å². The number of hydrogen-bond donors (Lipinski definition) is 1. The molecule has 1 fully saturated rings. The molecule has 1 aromatic rings. The van der Waals surface area contributed by atoms with Crippen LogP contribution in [0.15, 0.2) is 18.2 Å². The third kappa shape index (κ3) is 3.51. The van der Waals surface area contributed by atoms with Gasteiger partial charge in [-0.2, -0.15) is 0 Å². The molecular weight excluding hydrogens is 302 g/mol. The van der Waals surface area contributed by atoms with Crippen molar-refractivity contribution in [2.24, 2.45) is 0 Å². The van der Waals surface area contributed by atoms with Gasteiger partial charge >= 0.3 is 6.03 Å². The normalized spacial score (nSPS) is 18.7. The molecule has 132 valence electrons. The molecule has 0 bridgehead atoms. The van der Waals surface area contributed by atoms with Crippen LogP contribution in [0.2, 0.25) is 0 Å². The van der Waals surface area contributed by atoms with Crippen LogP contribution in [0.5, 0.6) is 5.75 Å². The third-order valence-corrected chi connectivity index (χ3v) is 5.46. The number of rotatable bonds is 3. The molecule has 2 amide bonds. The zero-order valence-corrected chi connectivity index (χ0v) is 15.1. The summed E-state index contributed by atoms with van der Waals surface area (Å²) in [5.41, 5.74) is 2.19. The first-order chi connectivity index (χ1) is 11.5. The largest absolute Gasteiger partial charge is 0.491 e. The molecule has 1 N–H and O–H groups in total. The molecule has 0 aromatic heterocycles. The number of para-hydroxylation sites is 1. The minimum absolute atomic E-state index is 0.0217. The molecule has 2 heterocycles. The molecule has 0 radical (unpaired) electrons. The van der Waals surface area contributed by atoms with Gasteiger partial charge in [0, 0.05) is 31.7 Å². The van der Waals surface area contributed by atoms with Crippen LogP contribution in [-0.4, -0.2) is 54.2 Å².